The van der Waals surface area contributed by atoms with Crippen molar-refractivity contribution in [2.75, 3.05) is 11.9 Å². The Labute approximate surface area is 141 Å². The topological polar surface area (TPSA) is 40.7 Å². The summed E-state index contributed by atoms with van der Waals surface area (Å²) in [5.74, 6) is -0.505. The maximum Gasteiger partial charge on any atom is 0.419 e. The molecule has 10 heteroatoms. The molecule has 0 aliphatic heterocycles. The largest absolute Gasteiger partial charge is 0.419 e. The highest BCUT2D eigenvalue weighted by atomic mass is 19.4. The molecule has 0 spiro atoms. The third-order valence-corrected chi connectivity index (χ3v) is 3.58. The summed E-state index contributed by atoms with van der Waals surface area (Å²) < 4.78 is 89.9. The predicted molar refractivity (Wildman–Crippen MR) is 81.0 cm³/mol. The first kappa shape index (κ1) is 18.0. The summed E-state index contributed by atoms with van der Waals surface area (Å²) in [4.78, 5) is 6.37. The van der Waals surface area contributed by atoms with Gasteiger partial charge in [0, 0.05) is 17.3 Å². The van der Waals surface area contributed by atoms with Crippen LogP contribution < -0.4 is 5.32 Å². The molecule has 0 fully saturated rings. The number of aromatic amines is 1. The number of hydrogen-bond acceptors (Lipinski definition) is 2. The molecule has 0 bridgehead atoms. The minimum Gasteiger partial charge on any atom is -0.375 e. The fourth-order valence-electron chi connectivity index (χ4n) is 2.45. The van der Waals surface area contributed by atoms with E-state index >= 15 is 0 Å². The van der Waals surface area contributed by atoms with Gasteiger partial charge in [0.2, 0.25) is 0 Å². The fourth-order valence-corrected chi connectivity index (χ4v) is 2.45. The first-order valence-corrected chi connectivity index (χ1v) is 7.20. The van der Waals surface area contributed by atoms with Crippen molar-refractivity contribution >= 4 is 16.7 Å². The molecule has 26 heavy (non-hydrogen) atoms. The van der Waals surface area contributed by atoms with Gasteiger partial charge < -0.3 is 10.3 Å². The molecule has 3 rings (SSSR count). The van der Waals surface area contributed by atoms with Crippen LogP contribution in [0, 0.1) is 5.82 Å². The maximum atomic E-state index is 13.2. The van der Waals surface area contributed by atoms with Crippen LogP contribution in [0.2, 0.25) is 0 Å². The van der Waals surface area contributed by atoms with Gasteiger partial charge in [-0.15, -0.1) is 0 Å². The van der Waals surface area contributed by atoms with Crippen molar-refractivity contribution in [1.82, 2.24) is 9.97 Å². The molecular formula is C16H10F7N3. The van der Waals surface area contributed by atoms with Crippen LogP contribution in [0.3, 0.4) is 0 Å². The van der Waals surface area contributed by atoms with E-state index in [0.29, 0.717) is 17.5 Å². The first-order valence-electron chi connectivity index (χ1n) is 7.20. The first-order chi connectivity index (χ1) is 12.0. The van der Waals surface area contributed by atoms with Crippen molar-refractivity contribution in [3.8, 4) is 11.3 Å². The number of pyridine rings is 1. The lowest BCUT2D eigenvalue weighted by Gasteiger charge is -2.16. The lowest BCUT2D eigenvalue weighted by atomic mass is 10.1. The molecule has 0 saturated carbocycles. The Kier molecular flexibility index (Phi) is 4.29. The van der Waals surface area contributed by atoms with Gasteiger partial charge in [-0.25, -0.2) is 9.37 Å². The number of nitrogens with zero attached hydrogens (tertiary/aromatic N) is 1. The van der Waals surface area contributed by atoms with Crippen molar-refractivity contribution in [3.05, 3.63) is 47.9 Å². The summed E-state index contributed by atoms with van der Waals surface area (Å²) in [6.07, 6.45) is -9.12. The summed E-state index contributed by atoms with van der Waals surface area (Å²) in [6.45, 7) is -1.63. The van der Waals surface area contributed by atoms with Crippen molar-refractivity contribution in [1.29, 1.82) is 0 Å². The average molecular weight is 377 g/mol. The van der Waals surface area contributed by atoms with E-state index in [1.807, 2.05) is 5.32 Å². The van der Waals surface area contributed by atoms with Gasteiger partial charge in [0.25, 0.3) is 0 Å². The number of anilines is 1. The van der Waals surface area contributed by atoms with E-state index in [0.717, 1.165) is 12.1 Å². The van der Waals surface area contributed by atoms with Crippen molar-refractivity contribution < 1.29 is 30.7 Å². The van der Waals surface area contributed by atoms with E-state index in [-0.39, 0.29) is 11.0 Å². The van der Waals surface area contributed by atoms with E-state index in [2.05, 4.69) is 9.97 Å². The summed E-state index contributed by atoms with van der Waals surface area (Å²) in [7, 11) is 0. The molecule has 0 aliphatic carbocycles. The van der Waals surface area contributed by atoms with Gasteiger partial charge in [0.15, 0.2) is 0 Å². The van der Waals surface area contributed by atoms with Crippen LogP contribution in [-0.4, -0.2) is 22.7 Å². The smallest absolute Gasteiger partial charge is 0.375 e. The van der Waals surface area contributed by atoms with Crippen LogP contribution >= 0.6 is 0 Å². The van der Waals surface area contributed by atoms with E-state index in [1.54, 1.807) is 0 Å². The Balaban J connectivity index is 2.13. The molecule has 2 aromatic heterocycles. The number of halogens is 7. The molecule has 3 aromatic rings. The summed E-state index contributed by atoms with van der Waals surface area (Å²) in [5, 5.41) is 1.66. The Morgan fingerprint density at radius 2 is 1.65 bits per heavy atom. The molecular weight excluding hydrogens is 367 g/mol. The molecule has 138 valence electrons. The van der Waals surface area contributed by atoms with E-state index in [9.17, 15) is 30.7 Å². The second kappa shape index (κ2) is 6.19. The van der Waals surface area contributed by atoms with Gasteiger partial charge in [-0.05, 0) is 35.9 Å². The zero-order valence-corrected chi connectivity index (χ0v) is 12.8. The number of fused-ring (bicyclic) bond motifs is 1. The summed E-state index contributed by atoms with van der Waals surface area (Å²) in [5.41, 5.74) is -1.31. The molecule has 0 unspecified atom stereocenters. The van der Waals surface area contributed by atoms with Gasteiger partial charge in [-0.2, -0.15) is 26.3 Å². The van der Waals surface area contributed by atoms with Gasteiger partial charge >= 0.3 is 12.4 Å². The predicted octanol–water partition coefficient (Wildman–Crippen LogP) is 5.36. The van der Waals surface area contributed by atoms with Gasteiger partial charge in [0.1, 0.15) is 18.0 Å². The second-order valence-electron chi connectivity index (χ2n) is 5.47. The van der Waals surface area contributed by atoms with E-state index in [1.165, 1.54) is 18.2 Å². The van der Waals surface area contributed by atoms with Gasteiger partial charge in [-0.1, -0.05) is 0 Å². The van der Waals surface area contributed by atoms with Crippen LogP contribution in [0.1, 0.15) is 5.56 Å². The average Bonchev–Trinajstić information content (AvgIpc) is 2.95. The SMILES string of the molecule is Fc1ccc(-c2cc3c(NCC(F)(F)F)c(C(F)(F)F)cnc3[nH]2)cc1. The number of H-pyrrole nitrogens is 1. The summed E-state index contributed by atoms with van der Waals surface area (Å²) >= 11 is 0. The molecule has 1 aromatic carbocycles. The Hall–Kier alpha value is -2.78. The highest BCUT2D eigenvalue weighted by Crippen LogP contribution is 2.39. The maximum absolute atomic E-state index is 13.2. The molecule has 0 radical (unpaired) electrons. The number of alkyl halides is 6. The Morgan fingerprint density at radius 3 is 2.23 bits per heavy atom. The minimum absolute atomic E-state index is 0.0259. The number of nitrogens with one attached hydrogen (secondary N) is 2. The van der Waals surface area contributed by atoms with Crippen LogP contribution in [0.15, 0.2) is 36.5 Å². The zero-order chi connectivity index (χ0) is 19.1. The van der Waals surface area contributed by atoms with Crippen molar-refractivity contribution in [3.63, 3.8) is 0 Å². The molecule has 0 saturated heterocycles. The molecule has 3 nitrogen and oxygen atoms in total. The number of benzene rings is 1. The van der Waals surface area contributed by atoms with Gasteiger partial charge in [0.05, 0.1) is 11.3 Å². The normalized spacial score (nSPS) is 12.6. The number of hydrogen-bond donors (Lipinski definition) is 2. The van der Waals surface area contributed by atoms with Crippen LogP contribution in [0.4, 0.5) is 36.4 Å². The molecule has 0 aliphatic rings. The van der Waals surface area contributed by atoms with Crippen LogP contribution in [0.25, 0.3) is 22.3 Å². The lowest BCUT2D eigenvalue weighted by Crippen LogP contribution is -2.23. The van der Waals surface area contributed by atoms with Crippen molar-refractivity contribution in [2.24, 2.45) is 0 Å². The lowest BCUT2D eigenvalue weighted by molar-refractivity contribution is -0.137. The number of aromatic nitrogens is 2. The van der Waals surface area contributed by atoms with E-state index in [4.69, 9.17) is 0 Å². The monoisotopic (exact) mass is 377 g/mol. The minimum atomic E-state index is -4.89. The van der Waals surface area contributed by atoms with Crippen LogP contribution in [0.5, 0.6) is 0 Å². The fraction of sp³-hybridized carbons (Fsp3) is 0.188. The third-order valence-electron chi connectivity index (χ3n) is 3.58. The van der Waals surface area contributed by atoms with Crippen LogP contribution in [-0.2, 0) is 6.18 Å². The summed E-state index contributed by atoms with van der Waals surface area (Å²) in [6, 6.07) is 6.31. The standard InChI is InChI=1S/C16H10F7N3/c17-9-3-1-8(2-4-9)12-5-10-13(25-7-15(18,19)20)11(16(21,22)23)6-24-14(10)26-12/h1-6H,7H2,(H2,24,25,26). The molecule has 0 atom stereocenters. The quantitative estimate of drug-likeness (QED) is 0.603. The zero-order valence-electron chi connectivity index (χ0n) is 12.8. The Bertz CT molecular complexity index is 924. The van der Waals surface area contributed by atoms with E-state index < -0.39 is 36.0 Å². The van der Waals surface area contributed by atoms with Gasteiger partial charge in [-0.3, -0.25) is 0 Å². The molecule has 0 amide bonds. The third kappa shape index (κ3) is 3.73. The molecule has 2 N–H and O–H groups in total. The van der Waals surface area contributed by atoms with Crippen molar-refractivity contribution in [2.45, 2.75) is 12.4 Å². The Morgan fingerprint density at radius 1 is 1.00 bits per heavy atom. The highest BCUT2D eigenvalue weighted by Gasteiger charge is 2.36. The highest BCUT2D eigenvalue weighted by molar-refractivity contribution is 5.95. The second-order valence-corrected chi connectivity index (χ2v) is 5.47. The number of rotatable bonds is 3. The molecule has 2 heterocycles.